The fourth-order valence-electron chi connectivity index (χ4n) is 2.63. The summed E-state index contributed by atoms with van der Waals surface area (Å²) < 4.78 is 16.5. The van der Waals surface area contributed by atoms with E-state index in [1.165, 1.54) is 11.8 Å². The molecule has 3 aromatic rings. The molecule has 1 aliphatic rings. The van der Waals surface area contributed by atoms with Gasteiger partial charge in [0.1, 0.15) is 5.25 Å². The molecule has 0 fully saturated rings. The Balaban J connectivity index is 1.59. The van der Waals surface area contributed by atoms with Gasteiger partial charge in [0.2, 0.25) is 18.6 Å². The number of nitrogens with zero attached hydrogens (tertiary/aromatic N) is 3. The minimum Gasteiger partial charge on any atom is -0.454 e. The van der Waals surface area contributed by atoms with Crippen LogP contribution >= 0.6 is 11.8 Å². The molecule has 1 aromatic heterocycles. The van der Waals surface area contributed by atoms with Crippen LogP contribution in [0.3, 0.4) is 0 Å². The van der Waals surface area contributed by atoms with Crippen LogP contribution < -0.4 is 9.47 Å². The molecule has 7 nitrogen and oxygen atoms in total. The zero-order valence-corrected chi connectivity index (χ0v) is 15.6. The van der Waals surface area contributed by atoms with E-state index in [2.05, 4.69) is 10.2 Å². The topological polar surface area (TPSA) is 77.7 Å². The van der Waals surface area contributed by atoms with Crippen LogP contribution in [-0.2, 0) is 4.79 Å². The van der Waals surface area contributed by atoms with Crippen LogP contribution in [0.1, 0.15) is 10.8 Å². The fourth-order valence-corrected chi connectivity index (χ4v) is 3.65. The highest BCUT2D eigenvalue weighted by Gasteiger charge is 2.26. The number of hydrogen-bond acceptors (Lipinski definition) is 7. The molecule has 1 aliphatic heterocycles. The molecule has 27 heavy (non-hydrogen) atoms. The summed E-state index contributed by atoms with van der Waals surface area (Å²) in [6, 6.07) is 15.0. The molecule has 2 heterocycles. The van der Waals surface area contributed by atoms with Crippen LogP contribution in [0.5, 0.6) is 11.5 Å². The maximum absolute atomic E-state index is 12.6. The van der Waals surface area contributed by atoms with Gasteiger partial charge in [0.05, 0.1) is 0 Å². The third-order valence-electron chi connectivity index (χ3n) is 4.01. The monoisotopic (exact) mass is 383 g/mol. The molecule has 0 radical (unpaired) electrons. The lowest BCUT2D eigenvalue weighted by Crippen LogP contribution is -2.26. The standard InChI is InChI=1S/C19H17N3O4S/c1-22(2)18(23)16(12-6-4-3-5-7-12)27-19-21-20-17(26-19)13-8-9-14-15(10-13)25-11-24-14/h3-10,16H,11H2,1-2H3/t16-/m1/s1. The Morgan fingerprint density at radius 2 is 1.85 bits per heavy atom. The summed E-state index contributed by atoms with van der Waals surface area (Å²) >= 11 is 1.23. The molecule has 2 aromatic carbocycles. The summed E-state index contributed by atoms with van der Waals surface area (Å²) in [6.45, 7) is 0.203. The fraction of sp³-hybridized carbons (Fsp3) is 0.211. The van der Waals surface area contributed by atoms with Gasteiger partial charge in [0, 0.05) is 19.7 Å². The molecule has 0 aliphatic carbocycles. The van der Waals surface area contributed by atoms with Gasteiger partial charge in [0.25, 0.3) is 5.22 Å². The number of amides is 1. The largest absolute Gasteiger partial charge is 0.454 e. The Kier molecular flexibility index (Phi) is 4.72. The molecule has 0 saturated heterocycles. The van der Waals surface area contributed by atoms with Gasteiger partial charge in [-0.1, -0.05) is 30.3 Å². The zero-order chi connectivity index (χ0) is 18.8. The third-order valence-corrected chi connectivity index (χ3v) is 5.09. The molecule has 0 spiro atoms. The van der Waals surface area contributed by atoms with Crippen molar-refractivity contribution in [2.24, 2.45) is 0 Å². The highest BCUT2D eigenvalue weighted by Crippen LogP contribution is 2.39. The molecule has 1 amide bonds. The van der Waals surface area contributed by atoms with E-state index in [0.717, 1.165) is 11.1 Å². The number of benzene rings is 2. The second kappa shape index (κ2) is 7.32. The first kappa shape index (κ1) is 17.4. The van der Waals surface area contributed by atoms with Gasteiger partial charge in [-0.25, -0.2) is 0 Å². The summed E-state index contributed by atoms with van der Waals surface area (Å²) in [7, 11) is 3.45. The van der Waals surface area contributed by atoms with Crippen molar-refractivity contribution in [2.75, 3.05) is 20.9 Å². The number of aromatic nitrogens is 2. The Labute approximate surface area is 160 Å². The van der Waals surface area contributed by atoms with E-state index in [1.807, 2.05) is 36.4 Å². The SMILES string of the molecule is CN(C)C(=O)[C@H](Sc1nnc(-c2ccc3c(c2)OCO3)o1)c1ccccc1. The number of hydrogen-bond donors (Lipinski definition) is 0. The summed E-state index contributed by atoms with van der Waals surface area (Å²) in [6.07, 6.45) is 0. The second-order valence-corrected chi connectivity index (χ2v) is 7.14. The molecule has 0 N–H and O–H groups in total. The lowest BCUT2D eigenvalue weighted by molar-refractivity contribution is -0.128. The Hall–Kier alpha value is -3.00. The smallest absolute Gasteiger partial charge is 0.277 e. The van der Waals surface area contributed by atoms with Crippen molar-refractivity contribution >= 4 is 17.7 Å². The van der Waals surface area contributed by atoms with E-state index in [0.29, 0.717) is 22.6 Å². The average molecular weight is 383 g/mol. The van der Waals surface area contributed by atoms with Gasteiger partial charge < -0.3 is 18.8 Å². The van der Waals surface area contributed by atoms with E-state index in [1.54, 1.807) is 31.1 Å². The van der Waals surface area contributed by atoms with Crippen LogP contribution in [0.2, 0.25) is 0 Å². The lowest BCUT2D eigenvalue weighted by Gasteiger charge is -2.18. The first-order chi connectivity index (χ1) is 13.1. The molecule has 1 atom stereocenters. The van der Waals surface area contributed by atoms with Gasteiger partial charge >= 0.3 is 0 Å². The van der Waals surface area contributed by atoms with Crippen molar-refractivity contribution < 1.29 is 18.7 Å². The van der Waals surface area contributed by atoms with E-state index < -0.39 is 5.25 Å². The van der Waals surface area contributed by atoms with Crippen LogP contribution in [0.15, 0.2) is 58.2 Å². The Morgan fingerprint density at radius 1 is 1.07 bits per heavy atom. The number of thioether (sulfide) groups is 1. The van der Waals surface area contributed by atoms with Crippen molar-refractivity contribution in [3.63, 3.8) is 0 Å². The average Bonchev–Trinajstić information content (AvgIpc) is 3.34. The third kappa shape index (κ3) is 3.61. The van der Waals surface area contributed by atoms with Crippen molar-refractivity contribution in [1.82, 2.24) is 15.1 Å². The van der Waals surface area contributed by atoms with Crippen LogP contribution in [0.25, 0.3) is 11.5 Å². The van der Waals surface area contributed by atoms with Gasteiger partial charge in [0.15, 0.2) is 11.5 Å². The summed E-state index contributed by atoms with van der Waals surface area (Å²) in [5, 5.41) is 8.06. The molecule has 138 valence electrons. The lowest BCUT2D eigenvalue weighted by atomic mass is 10.1. The summed E-state index contributed by atoms with van der Waals surface area (Å²) in [4.78, 5) is 14.2. The number of carbonyl (C=O) groups is 1. The highest BCUT2D eigenvalue weighted by atomic mass is 32.2. The van der Waals surface area contributed by atoms with Crippen molar-refractivity contribution in [1.29, 1.82) is 0 Å². The van der Waals surface area contributed by atoms with Gasteiger partial charge in [-0.15, -0.1) is 10.2 Å². The van der Waals surface area contributed by atoms with Crippen molar-refractivity contribution in [3.05, 3.63) is 54.1 Å². The summed E-state index contributed by atoms with van der Waals surface area (Å²) in [5.41, 5.74) is 1.61. The predicted molar refractivity (Wildman–Crippen MR) is 99.6 cm³/mol. The molecule has 0 saturated carbocycles. The number of likely N-dealkylation sites (N-methyl/N-ethyl adjacent to an activating group) is 1. The molecule has 4 rings (SSSR count). The number of ether oxygens (including phenoxy) is 2. The molecule has 0 bridgehead atoms. The summed E-state index contributed by atoms with van der Waals surface area (Å²) in [5.74, 6) is 1.65. The predicted octanol–water partition coefficient (Wildman–Crippen LogP) is 3.39. The number of rotatable bonds is 5. The normalized spacial score (nSPS) is 13.4. The molecule has 8 heteroatoms. The molecule has 0 unspecified atom stereocenters. The number of carbonyl (C=O) groups excluding carboxylic acids is 1. The van der Waals surface area contributed by atoms with E-state index >= 15 is 0 Å². The van der Waals surface area contributed by atoms with Crippen molar-refractivity contribution in [2.45, 2.75) is 10.5 Å². The van der Waals surface area contributed by atoms with Crippen LogP contribution in [-0.4, -0.2) is 41.9 Å². The minimum absolute atomic E-state index is 0.0472. The van der Waals surface area contributed by atoms with Gasteiger partial charge in [-0.3, -0.25) is 4.79 Å². The van der Waals surface area contributed by atoms with Gasteiger partial charge in [-0.05, 0) is 35.5 Å². The first-order valence-corrected chi connectivity index (χ1v) is 9.16. The first-order valence-electron chi connectivity index (χ1n) is 8.28. The van der Waals surface area contributed by atoms with Gasteiger partial charge in [-0.2, -0.15) is 0 Å². The van der Waals surface area contributed by atoms with Crippen LogP contribution in [0.4, 0.5) is 0 Å². The van der Waals surface area contributed by atoms with E-state index in [4.69, 9.17) is 13.9 Å². The Bertz CT molecular complexity index is 959. The second-order valence-electron chi connectivity index (χ2n) is 6.08. The van der Waals surface area contributed by atoms with E-state index in [9.17, 15) is 4.79 Å². The van der Waals surface area contributed by atoms with E-state index in [-0.39, 0.29) is 12.7 Å². The Morgan fingerprint density at radius 3 is 2.63 bits per heavy atom. The van der Waals surface area contributed by atoms with Crippen molar-refractivity contribution in [3.8, 4) is 23.0 Å². The molecular weight excluding hydrogens is 366 g/mol. The van der Waals surface area contributed by atoms with Crippen LogP contribution in [0, 0.1) is 0 Å². The maximum Gasteiger partial charge on any atom is 0.277 e. The quantitative estimate of drug-likeness (QED) is 0.625. The maximum atomic E-state index is 12.6. The molecular formula is C19H17N3O4S. The number of fused-ring (bicyclic) bond motifs is 1. The highest BCUT2D eigenvalue weighted by molar-refractivity contribution is 8.00. The zero-order valence-electron chi connectivity index (χ0n) is 14.8. The minimum atomic E-state index is -0.466.